The average molecular weight is 399 g/mol. The van der Waals surface area contributed by atoms with Crippen molar-refractivity contribution < 1.29 is 9.47 Å². The topological polar surface area (TPSA) is 39.0 Å². The van der Waals surface area contributed by atoms with Gasteiger partial charge >= 0.3 is 0 Å². The zero-order chi connectivity index (χ0) is 20.5. The summed E-state index contributed by atoms with van der Waals surface area (Å²) < 4.78 is 13.2. The highest BCUT2D eigenvalue weighted by atomic mass is 16.5. The van der Waals surface area contributed by atoms with Gasteiger partial charge in [0.15, 0.2) is 11.5 Å². The molecule has 2 aromatic heterocycles. The van der Waals surface area contributed by atoms with Crippen molar-refractivity contribution in [2.45, 2.75) is 19.5 Å². The van der Waals surface area contributed by atoms with Crippen molar-refractivity contribution in [2.75, 3.05) is 20.8 Å². The molecule has 152 valence electrons. The van der Waals surface area contributed by atoms with E-state index < -0.39 is 0 Å². The van der Waals surface area contributed by atoms with Crippen molar-refractivity contribution >= 4 is 5.65 Å². The lowest BCUT2D eigenvalue weighted by Gasteiger charge is -2.29. The number of nitrogens with zero attached hydrogens (tertiary/aromatic N) is 3. The SMILES string of the molecule is COc1cc2c(cc1OC)CN(Cc1c(-c3ccccc3)nc3ccccn13)CC2. The van der Waals surface area contributed by atoms with Crippen LogP contribution in [0.3, 0.4) is 0 Å². The Kier molecular flexibility index (Phi) is 4.89. The zero-order valence-electron chi connectivity index (χ0n) is 17.3. The standard InChI is InChI=1S/C25H25N3O2/c1-29-22-14-19-11-13-27(16-20(19)15-23(22)30-2)17-21-25(18-8-4-3-5-9-18)26-24-10-6-7-12-28(21)24/h3-10,12,14-15H,11,13,16-17H2,1-2H3. The van der Waals surface area contributed by atoms with Crippen LogP contribution in [-0.2, 0) is 19.5 Å². The molecule has 1 aliphatic heterocycles. The van der Waals surface area contributed by atoms with Gasteiger partial charge in [-0.1, -0.05) is 36.4 Å². The number of hydrogen-bond acceptors (Lipinski definition) is 4. The lowest BCUT2D eigenvalue weighted by molar-refractivity contribution is 0.241. The molecule has 0 spiro atoms. The first-order valence-electron chi connectivity index (χ1n) is 10.2. The molecule has 0 unspecified atom stereocenters. The van der Waals surface area contributed by atoms with E-state index in [1.54, 1.807) is 14.2 Å². The van der Waals surface area contributed by atoms with Crippen molar-refractivity contribution in [3.05, 3.63) is 83.7 Å². The van der Waals surface area contributed by atoms with Crippen LogP contribution in [0.1, 0.15) is 16.8 Å². The smallest absolute Gasteiger partial charge is 0.161 e. The van der Waals surface area contributed by atoms with Gasteiger partial charge in [-0.2, -0.15) is 0 Å². The van der Waals surface area contributed by atoms with Gasteiger partial charge in [0.25, 0.3) is 0 Å². The molecule has 4 aromatic rings. The van der Waals surface area contributed by atoms with Crippen LogP contribution in [0.5, 0.6) is 11.5 Å². The van der Waals surface area contributed by atoms with Crippen molar-refractivity contribution in [3.63, 3.8) is 0 Å². The number of benzene rings is 2. The Morgan fingerprint density at radius 3 is 2.40 bits per heavy atom. The molecule has 2 aromatic carbocycles. The van der Waals surface area contributed by atoms with Gasteiger partial charge in [-0.15, -0.1) is 0 Å². The Bertz CT molecular complexity index is 1180. The lowest BCUT2D eigenvalue weighted by atomic mass is 9.98. The van der Waals surface area contributed by atoms with Gasteiger partial charge in [0.05, 0.1) is 25.6 Å². The molecule has 0 N–H and O–H groups in total. The Labute approximate surface area is 176 Å². The first kappa shape index (κ1) is 18.7. The number of pyridine rings is 1. The minimum Gasteiger partial charge on any atom is -0.493 e. The summed E-state index contributed by atoms with van der Waals surface area (Å²) in [5, 5.41) is 0. The highest BCUT2D eigenvalue weighted by Crippen LogP contribution is 2.34. The van der Waals surface area contributed by atoms with Crippen LogP contribution in [0, 0.1) is 0 Å². The molecule has 0 fully saturated rings. The summed E-state index contributed by atoms with van der Waals surface area (Å²) in [7, 11) is 3.38. The van der Waals surface area contributed by atoms with Gasteiger partial charge in [0.1, 0.15) is 5.65 Å². The van der Waals surface area contributed by atoms with E-state index in [0.717, 1.165) is 54.5 Å². The number of fused-ring (bicyclic) bond motifs is 2. The highest BCUT2D eigenvalue weighted by molar-refractivity contribution is 5.66. The van der Waals surface area contributed by atoms with E-state index in [4.69, 9.17) is 14.5 Å². The van der Waals surface area contributed by atoms with E-state index in [1.807, 2.05) is 12.1 Å². The maximum atomic E-state index is 5.52. The fraction of sp³-hybridized carbons (Fsp3) is 0.240. The van der Waals surface area contributed by atoms with Crippen LogP contribution in [0.25, 0.3) is 16.9 Å². The number of imidazole rings is 1. The second-order valence-corrected chi connectivity index (χ2v) is 7.64. The lowest BCUT2D eigenvalue weighted by Crippen LogP contribution is -2.30. The molecule has 0 saturated carbocycles. The normalized spacial score (nSPS) is 13.9. The van der Waals surface area contributed by atoms with Crippen LogP contribution in [0.15, 0.2) is 66.9 Å². The third-order valence-electron chi connectivity index (χ3n) is 5.85. The second-order valence-electron chi connectivity index (χ2n) is 7.64. The third-order valence-corrected chi connectivity index (χ3v) is 5.85. The van der Waals surface area contributed by atoms with E-state index in [1.165, 1.54) is 16.8 Å². The van der Waals surface area contributed by atoms with Crippen LogP contribution < -0.4 is 9.47 Å². The Morgan fingerprint density at radius 1 is 0.900 bits per heavy atom. The summed E-state index contributed by atoms with van der Waals surface area (Å²) in [6.45, 7) is 2.71. The molecule has 5 heteroatoms. The molecule has 0 bridgehead atoms. The van der Waals surface area contributed by atoms with E-state index in [0.29, 0.717) is 0 Å². The van der Waals surface area contributed by atoms with Gasteiger partial charge < -0.3 is 13.9 Å². The number of aromatic nitrogens is 2. The second kappa shape index (κ2) is 7.84. The first-order chi connectivity index (χ1) is 14.8. The van der Waals surface area contributed by atoms with Crippen molar-refractivity contribution in [2.24, 2.45) is 0 Å². The van der Waals surface area contributed by atoms with Crippen LogP contribution in [-0.4, -0.2) is 35.0 Å². The minimum atomic E-state index is 0.790. The van der Waals surface area contributed by atoms with Crippen molar-refractivity contribution in [1.82, 2.24) is 14.3 Å². The molecule has 30 heavy (non-hydrogen) atoms. The maximum absolute atomic E-state index is 5.52. The van der Waals surface area contributed by atoms with Crippen molar-refractivity contribution in [3.8, 4) is 22.8 Å². The Hall–Kier alpha value is -3.31. The monoisotopic (exact) mass is 399 g/mol. The molecule has 0 aliphatic carbocycles. The molecule has 5 rings (SSSR count). The number of methoxy groups -OCH3 is 2. The molecule has 0 amide bonds. The molecular formula is C25H25N3O2. The summed E-state index contributed by atoms with van der Waals surface area (Å²) in [5.41, 5.74) is 7.05. The number of hydrogen-bond donors (Lipinski definition) is 0. The van der Waals surface area contributed by atoms with E-state index in [9.17, 15) is 0 Å². The minimum absolute atomic E-state index is 0.790. The van der Waals surface area contributed by atoms with E-state index >= 15 is 0 Å². The predicted octanol–water partition coefficient (Wildman–Crippen LogP) is 4.58. The average Bonchev–Trinajstić information content (AvgIpc) is 3.17. The van der Waals surface area contributed by atoms with Gasteiger partial charge in [0, 0.05) is 31.4 Å². The van der Waals surface area contributed by atoms with Gasteiger partial charge in [-0.25, -0.2) is 4.98 Å². The van der Waals surface area contributed by atoms with Crippen molar-refractivity contribution in [1.29, 1.82) is 0 Å². The fourth-order valence-electron chi connectivity index (χ4n) is 4.31. The molecule has 0 saturated heterocycles. The highest BCUT2D eigenvalue weighted by Gasteiger charge is 2.22. The molecule has 0 atom stereocenters. The van der Waals surface area contributed by atoms with Crippen LogP contribution >= 0.6 is 0 Å². The van der Waals surface area contributed by atoms with Gasteiger partial charge in [0.2, 0.25) is 0 Å². The summed E-state index contributed by atoms with van der Waals surface area (Å²) in [5.74, 6) is 1.59. The predicted molar refractivity (Wildman–Crippen MR) is 118 cm³/mol. The van der Waals surface area contributed by atoms with Gasteiger partial charge in [-0.3, -0.25) is 4.90 Å². The summed E-state index contributed by atoms with van der Waals surface area (Å²) in [4.78, 5) is 7.43. The zero-order valence-corrected chi connectivity index (χ0v) is 17.3. The Balaban J connectivity index is 1.50. The quantitative estimate of drug-likeness (QED) is 0.493. The Morgan fingerprint density at radius 2 is 1.63 bits per heavy atom. The molecule has 1 aliphatic rings. The van der Waals surface area contributed by atoms with Crippen LogP contribution in [0.4, 0.5) is 0 Å². The molecular weight excluding hydrogens is 374 g/mol. The summed E-state index contributed by atoms with van der Waals surface area (Å²) in [6, 6.07) is 20.9. The van der Waals surface area contributed by atoms with Crippen LogP contribution in [0.2, 0.25) is 0 Å². The number of ether oxygens (including phenoxy) is 2. The van der Waals surface area contributed by atoms with E-state index in [2.05, 4.69) is 64.0 Å². The largest absolute Gasteiger partial charge is 0.493 e. The summed E-state index contributed by atoms with van der Waals surface area (Å²) >= 11 is 0. The molecule has 0 radical (unpaired) electrons. The first-order valence-corrected chi connectivity index (χ1v) is 10.2. The maximum Gasteiger partial charge on any atom is 0.161 e. The van der Waals surface area contributed by atoms with E-state index in [-0.39, 0.29) is 0 Å². The van der Waals surface area contributed by atoms with Gasteiger partial charge in [-0.05, 0) is 41.8 Å². The third kappa shape index (κ3) is 3.31. The number of rotatable bonds is 5. The summed E-state index contributed by atoms with van der Waals surface area (Å²) in [6.07, 6.45) is 3.10. The molecule has 3 heterocycles. The molecule has 5 nitrogen and oxygen atoms in total. The fourth-order valence-corrected chi connectivity index (χ4v) is 4.31.